The molecular weight excluding hydrogens is 327 g/mol. The van der Waals surface area contributed by atoms with Crippen molar-refractivity contribution < 1.29 is 4.79 Å². The van der Waals surface area contributed by atoms with Crippen LogP contribution in [-0.2, 0) is 11.2 Å². The topological polar surface area (TPSA) is 55.1 Å². The highest BCUT2D eigenvalue weighted by Gasteiger charge is 2.12. The van der Waals surface area contributed by atoms with Crippen LogP contribution in [0.3, 0.4) is 0 Å². The molecule has 0 bridgehead atoms. The van der Waals surface area contributed by atoms with Crippen LogP contribution >= 0.6 is 35.3 Å². The number of rotatable bonds is 5. The number of carbonyl (C=O) groups excluding carboxylic acids is 1. The third kappa shape index (κ3) is 5.23. The first-order chi connectivity index (χ1) is 9.56. The smallest absolute Gasteiger partial charge is 0.220 e. The highest BCUT2D eigenvalue weighted by Crippen LogP contribution is 2.26. The lowest BCUT2D eigenvalue weighted by atomic mass is 10.1. The number of nitrogens with two attached hydrogens (primary N) is 1. The molecule has 0 aliphatic rings. The van der Waals surface area contributed by atoms with Crippen LogP contribution in [0.1, 0.15) is 29.8 Å². The summed E-state index contributed by atoms with van der Waals surface area (Å²) in [6.07, 6.45) is 1.08. The van der Waals surface area contributed by atoms with Crippen LogP contribution in [0.4, 0.5) is 5.69 Å². The van der Waals surface area contributed by atoms with Crippen LogP contribution in [-0.4, -0.2) is 5.91 Å². The fraction of sp³-hybridized carbons (Fsp3) is 0.267. The summed E-state index contributed by atoms with van der Waals surface area (Å²) < 4.78 is 0.734. The van der Waals surface area contributed by atoms with Gasteiger partial charge < -0.3 is 11.1 Å². The van der Waals surface area contributed by atoms with E-state index < -0.39 is 0 Å². The third-order valence-electron chi connectivity index (χ3n) is 3.07. The highest BCUT2D eigenvalue weighted by atomic mass is 35.5. The van der Waals surface area contributed by atoms with Gasteiger partial charge in [0.25, 0.3) is 0 Å². The van der Waals surface area contributed by atoms with Gasteiger partial charge in [-0.2, -0.15) is 0 Å². The maximum Gasteiger partial charge on any atom is 0.220 e. The average molecular weight is 345 g/mol. The molecule has 1 aromatic carbocycles. The summed E-state index contributed by atoms with van der Waals surface area (Å²) >= 11 is 7.38. The average Bonchev–Trinajstić information content (AvgIpc) is 2.84. The zero-order valence-electron chi connectivity index (χ0n) is 11.6. The molecule has 1 amide bonds. The van der Waals surface area contributed by atoms with Crippen molar-refractivity contribution in [1.29, 1.82) is 0 Å². The van der Waals surface area contributed by atoms with Crippen LogP contribution in [0, 0.1) is 0 Å². The van der Waals surface area contributed by atoms with Crippen LogP contribution in [0.2, 0.25) is 4.34 Å². The molecular formula is C15H18Cl2N2OS. The minimum atomic E-state index is -0.0203. The Bertz CT molecular complexity index is 601. The van der Waals surface area contributed by atoms with Crippen LogP contribution < -0.4 is 11.1 Å². The van der Waals surface area contributed by atoms with Gasteiger partial charge in [0, 0.05) is 17.0 Å². The van der Waals surface area contributed by atoms with Crippen molar-refractivity contribution in [2.45, 2.75) is 25.8 Å². The van der Waals surface area contributed by atoms with Crippen molar-refractivity contribution in [3.63, 3.8) is 0 Å². The van der Waals surface area contributed by atoms with Crippen molar-refractivity contribution in [2.75, 3.05) is 5.73 Å². The Balaban J connectivity index is 0.00000220. The summed E-state index contributed by atoms with van der Waals surface area (Å²) in [4.78, 5) is 13.0. The molecule has 0 fully saturated rings. The molecule has 21 heavy (non-hydrogen) atoms. The first kappa shape index (κ1) is 17.8. The number of anilines is 1. The van der Waals surface area contributed by atoms with E-state index in [1.807, 2.05) is 43.3 Å². The molecule has 0 saturated heterocycles. The summed E-state index contributed by atoms with van der Waals surface area (Å²) in [7, 11) is 0. The fourth-order valence-electron chi connectivity index (χ4n) is 1.96. The number of nitrogens with one attached hydrogen (secondary N) is 1. The van der Waals surface area contributed by atoms with Crippen LogP contribution in [0.5, 0.6) is 0 Å². The Labute approximate surface area is 139 Å². The monoisotopic (exact) mass is 344 g/mol. The van der Waals surface area contributed by atoms with Gasteiger partial charge in [0.1, 0.15) is 0 Å². The minimum absolute atomic E-state index is 0. The molecule has 0 saturated carbocycles. The lowest BCUT2D eigenvalue weighted by Gasteiger charge is -2.12. The molecule has 0 aliphatic carbocycles. The summed E-state index contributed by atoms with van der Waals surface area (Å²) in [5, 5.41) is 2.97. The maximum atomic E-state index is 11.9. The molecule has 6 heteroatoms. The lowest BCUT2D eigenvalue weighted by molar-refractivity contribution is -0.121. The van der Waals surface area contributed by atoms with E-state index in [2.05, 4.69) is 5.32 Å². The van der Waals surface area contributed by atoms with E-state index in [0.29, 0.717) is 12.8 Å². The van der Waals surface area contributed by atoms with Gasteiger partial charge in [-0.15, -0.1) is 23.7 Å². The summed E-state index contributed by atoms with van der Waals surface area (Å²) in [6.45, 7) is 1.96. The largest absolute Gasteiger partial charge is 0.399 e. The van der Waals surface area contributed by atoms with E-state index in [1.54, 1.807) is 0 Å². The van der Waals surface area contributed by atoms with E-state index in [9.17, 15) is 4.79 Å². The molecule has 3 nitrogen and oxygen atoms in total. The number of hydrogen-bond acceptors (Lipinski definition) is 3. The molecule has 1 unspecified atom stereocenters. The van der Waals surface area contributed by atoms with Crippen molar-refractivity contribution in [3.8, 4) is 0 Å². The second kappa shape index (κ2) is 8.27. The number of halogens is 2. The molecule has 1 atom stereocenters. The van der Waals surface area contributed by atoms with Gasteiger partial charge >= 0.3 is 0 Å². The van der Waals surface area contributed by atoms with Crippen molar-refractivity contribution in [2.24, 2.45) is 0 Å². The third-order valence-corrected chi connectivity index (χ3v) is 4.49. The minimum Gasteiger partial charge on any atom is -0.399 e. The first-order valence-corrected chi connectivity index (χ1v) is 7.63. The number of hydrogen-bond donors (Lipinski definition) is 2. The van der Waals surface area contributed by atoms with Gasteiger partial charge in [0.2, 0.25) is 5.91 Å². The van der Waals surface area contributed by atoms with Gasteiger partial charge in [0.15, 0.2) is 0 Å². The van der Waals surface area contributed by atoms with Gasteiger partial charge in [-0.3, -0.25) is 4.79 Å². The number of nitrogen functional groups attached to an aromatic ring is 1. The Morgan fingerprint density at radius 3 is 2.67 bits per heavy atom. The number of carbonyl (C=O) groups is 1. The Kier molecular flexibility index (Phi) is 7.02. The van der Waals surface area contributed by atoms with Crippen molar-refractivity contribution in [1.82, 2.24) is 5.32 Å². The van der Waals surface area contributed by atoms with Gasteiger partial charge in [-0.1, -0.05) is 29.8 Å². The molecule has 114 valence electrons. The molecule has 2 aromatic rings. The number of aryl methyl sites for hydroxylation is 1. The van der Waals surface area contributed by atoms with E-state index in [-0.39, 0.29) is 24.4 Å². The predicted molar refractivity (Wildman–Crippen MR) is 92.3 cm³/mol. The zero-order valence-corrected chi connectivity index (χ0v) is 14.0. The van der Waals surface area contributed by atoms with E-state index in [4.69, 9.17) is 17.3 Å². The number of thiophene rings is 1. The number of para-hydroxylation sites is 1. The van der Waals surface area contributed by atoms with E-state index >= 15 is 0 Å². The fourth-order valence-corrected chi connectivity index (χ4v) is 3.02. The summed E-state index contributed by atoms with van der Waals surface area (Å²) in [5.41, 5.74) is 7.60. The standard InChI is InChI=1S/C15H17ClN2OS.ClH/c1-10(13-7-8-14(16)20-13)18-15(19)9-6-11-4-2-3-5-12(11)17;/h2-5,7-8,10H,6,9,17H2,1H3,(H,18,19);1H. The maximum absolute atomic E-state index is 11.9. The van der Waals surface area contributed by atoms with E-state index in [1.165, 1.54) is 11.3 Å². The summed E-state index contributed by atoms with van der Waals surface area (Å²) in [5.74, 6) is 0.0188. The van der Waals surface area contributed by atoms with Gasteiger partial charge in [0.05, 0.1) is 10.4 Å². The molecule has 1 aromatic heterocycles. The molecule has 3 N–H and O–H groups in total. The molecule has 2 rings (SSSR count). The van der Waals surface area contributed by atoms with E-state index in [0.717, 1.165) is 20.5 Å². The summed E-state index contributed by atoms with van der Waals surface area (Å²) in [6, 6.07) is 11.4. The van der Waals surface area contributed by atoms with Gasteiger partial charge in [-0.05, 0) is 37.1 Å². The quantitative estimate of drug-likeness (QED) is 0.798. The number of benzene rings is 1. The normalized spacial score (nSPS) is 11.5. The van der Waals surface area contributed by atoms with Crippen molar-refractivity contribution >= 4 is 46.9 Å². The SMILES string of the molecule is CC(NC(=O)CCc1ccccc1N)c1ccc(Cl)s1.Cl. The second-order valence-corrected chi connectivity index (χ2v) is 6.38. The van der Waals surface area contributed by atoms with Crippen LogP contribution in [0.15, 0.2) is 36.4 Å². The molecule has 0 aliphatic heterocycles. The second-order valence-electron chi connectivity index (χ2n) is 4.63. The zero-order chi connectivity index (χ0) is 14.5. The number of amides is 1. The Morgan fingerprint density at radius 2 is 2.05 bits per heavy atom. The van der Waals surface area contributed by atoms with Crippen LogP contribution in [0.25, 0.3) is 0 Å². The van der Waals surface area contributed by atoms with Crippen molar-refractivity contribution in [3.05, 3.63) is 51.2 Å². The highest BCUT2D eigenvalue weighted by molar-refractivity contribution is 7.16. The molecule has 1 heterocycles. The molecule has 0 spiro atoms. The Morgan fingerprint density at radius 1 is 1.33 bits per heavy atom. The van der Waals surface area contributed by atoms with Gasteiger partial charge in [-0.25, -0.2) is 0 Å². The molecule has 0 radical (unpaired) electrons. The first-order valence-electron chi connectivity index (χ1n) is 6.44. The Hall–Kier alpha value is -1.23. The lowest BCUT2D eigenvalue weighted by Crippen LogP contribution is -2.26. The predicted octanol–water partition coefficient (Wildman–Crippen LogP) is 4.22.